The van der Waals surface area contributed by atoms with Crippen LogP contribution in [-0.4, -0.2) is 15.3 Å². The number of carbonyl (C=O) groups excluding carboxylic acids is 1. The average Bonchev–Trinajstić information content (AvgIpc) is 3.00. The van der Waals surface area contributed by atoms with Crippen molar-refractivity contribution in [1.29, 1.82) is 0 Å². The molecule has 1 unspecified atom stereocenters. The highest BCUT2D eigenvalue weighted by Gasteiger charge is 2.33. The molecule has 4 nitrogen and oxygen atoms in total. The smallest absolute Gasteiger partial charge is 0.237 e. The lowest BCUT2D eigenvalue weighted by Gasteiger charge is -2.26. The van der Waals surface area contributed by atoms with Crippen LogP contribution >= 0.6 is 11.6 Å². The fraction of sp³-hybridized carbons (Fsp3) is 0.250. The van der Waals surface area contributed by atoms with Crippen molar-refractivity contribution >= 4 is 17.4 Å². The van der Waals surface area contributed by atoms with Gasteiger partial charge in [-0.2, -0.15) is 0 Å². The molecule has 0 bridgehead atoms. The van der Waals surface area contributed by atoms with E-state index >= 15 is 0 Å². The van der Waals surface area contributed by atoms with Crippen molar-refractivity contribution < 1.29 is 9.53 Å². The number of aromatic nitrogens is 2. The Hall–Kier alpha value is -2.07. The second-order valence-corrected chi connectivity index (χ2v) is 5.66. The number of Topliss-reactive ketones (excluding diaryl/α,β-unsaturated/α-hetero) is 1. The molecule has 5 heteroatoms. The fourth-order valence-corrected chi connectivity index (χ4v) is 1.84. The second kappa shape index (κ2) is 6.14. The fourth-order valence-electron chi connectivity index (χ4n) is 1.72. The zero-order chi connectivity index (χ0) is 15.5. The number of allylic oxidation sites excluding steroid dienone is 1. The molecule has 21 heavy (non-hydrogen) atoms. The first-order valence-electron chi connectivity index (χ1n) is 6.51. The maximum absolute atomic E-state index is 12.7. The highest BCUT2D eigenvalue weighted by Crippen LogP contribution is 2.28. The quantitative estimate of drug-likeness (QED) is 0.760. The molecule has 0 fully saturated rings. The van der Waals surface area contributed by atoms with Crippen LogP contribution in [0, 0.1) is 5.41 Å². The third-order valence-corrected chi connectivity index (χ3v) is 3.48. The van der Waals surface area contributed by atoms with Crippen molar-refractivity contribution in [3.05, 3.63) is 60.7 Å². The largest absolute Gasteiger partial charge is 0.463 e. The predicted molar refractivity (Wildman–Crippen MR) is 82.3 cm³/mol. The van der Waals surface area contributed by atoms with Crippen LogP contribution in [0.15, 0.2) is 55.6 Å². The van der Waals surface area contributed by atoms with Crippen LogP contribution in [0.3, 0.4) is 0 Å². The molecule has 0 saturated heterocycles. The number of hydrogen-bond acceptors (Lipinski definition) is 3. The third-order valence-electron chi connectivity index (χ3n) is 3.23. The molecule has 0 N–H and O–H groups in total. The molecule has 0 aliphatic carbocycles. The summed E-state index contributed by atoms with van der Waals surface area (Å²) in [5.74, 6) is 0.455. The van der Waals surface area contributed by atoms with E-state index < -0.39 is 11.6 Å². The van der Waals surface area contributed by atoms with Gasteiger partial charge in [-0.1, -0.05) is 17.7 Å². The molecular weight excluding hydrogens is 288 g/mol. The molecule has 2 aromatic rings. The molecule has 0 aliphatic rings. The zero-order valence-corrected chi connectivity index (χ0v) is 12.7. The topological polar surface area (TPSA) is 44.1 Å². The lowest BCUT2D eigenvalue weighted by Crippen LogP contribution is -2.34. The Morgan fingerprint density at radius 2 is 2.10 bits per heavy atom. The number of nitrogens with zero attached hydrogens (tertiary/aromatic N) is 2. The summed E-state index contributed by atoms with van der Waals surface area (Å²) in [7, 11) is 0. The van der Waals surface area contributed by atoms with Crippen molar-refractivity contribution in [2.24, 2.45) is 5.41 Å². The number of rotatable bonds is 6. The summed E-state index contributed by atoms with van der Waals surface area (Å²) in [6.07, 6.45) is 5.66. The van der Waals surface area contributed by atoms with E-state index in [0.717, 1.165) is 0 Å². The van der Waals surface area contributed by atoms with Crippen LogP contribution in [0.2, 0.25) is 5.02 Å². The molecule has 1 heterocycles. The van der Waals surface area contributed by atoms with E-state index in [1.807, 2.05) is 0 Å². The van der Waals surface area contributed by atoms with Crippen LogP contribution in [0.1, 0.15) is 20.1 Å². The van der Waals surface area contributed by atoms with E-state index in [9.17, 15) is 4.79 Å². The summed E-state index contributed by atoms with van der Waals surface area (Å²) in [6, 6.07) is 6.87. The lowest BCUT2D eigenvalue weighted by molar-refractivity contribution is -0.136. The number of ether oxygens (including phenoxy) is 1. The first-order valence-corrected chi connectivity index (χ1v) is 6.89. The molecule has 0 saturated carbocycles. The molecule has 1 aromatic carbocycles. The van der Waals surface area contributed by atoms with Gasteiger partial charge >= 0.3 is 0 Å². The number of carbonyl (C=O) groups is 1. The molecule has 2 rings (SSSR count). The first-order chi connectivity index (χ1) is 9.94. The summed E-state index contributed by atoms with van der Waals surface area (Å²) >= 11 is 5.85. The van der Waals surface area contributed by atoms with Gasteiger partial charge in [-0.25, -0.2) is 4.98 Å². The van der Waals surface area contributed by atoms with E-state index in [4.69, 9.17) is 16.3 Å². The summed E-state index contributed by atoms with van der Waals surface area (Å²) in [4.78, 5) is 16.7. The molecular formula is C16H17ClN2O2. The molecule has 0 spiro atoms. The third kappa shape index (κ3) is 3.52. The summed E-state index contributed by atoms with van der Waals surface area (Å²) in [6.45, 7) is 7.32. The number of halogens is 1. The van der Waals surface area contributed by atoms with Gasteiger partial charge in [0.25, 0.3) is 0 Å². The van der Waals surface area contributed by atoms with E-state index in [2.05, 4.69) is 11.6 Å². The Labute approximate surface area is 129 Å². The molecule has 0 radical (unpaired) electrons. The zero-order valence-electron chi connectivity index (χ0n) is 12.0. The van der Waals surface area contributed by atoms with Crippen LogP contribution in [0.5, 0.6) is 5.75 Å². The van der Waals surface area contributed by atoms with Gasteiger partial charge in [0.2, 0.25) is 12.0 Å². The van der Waals surface area contributed by atoms with E-state index in [-0.39, 0.29) is 5.78 Å². The first kappa shape index (κ1) is 15.3. The molecule has 0 aliphatic heterocycles. The number of imidazole rings is 1. The van der Waals surface area contributed by atoms with Crippen LogP contribution in [0.25, 0.3) is 0 Å². The predicted octanol–water partition coefficient (Wildman–Crippen LogP) is 3.90. The Morgan fingerprint density at radius 1 is 1.43 bits per heavy atom. The van der Waals surface area contributed by atoms with Crippen LogP contribution < -0.4 is 4.74 Å². The van der Waals surface area contributed by atoms with Crippen molar-refractivity contribution in [3.8, 4) is 5.75 Å². The maximum atomic E-state index is 12.7. The van der Waals surface area contributed by atoms with Crippen molar-refractivity contribution in [2.75, 3.05) is 0 Å². The maximum Gasteiger partial charge on any atom is 0.237 e. The lowest BCUT2D eigenvalue weighted by atomic mass is 9.87. The summed E-state index contributed by atoms with van der Waals surface area (Å²) in [5, 5.41) is 0.610. The SMILES string of the molecule is C=CC(C)(C)C(=O)C(Oc1ccc(Cl)cc1)n1ccnc1. The van der Waals surface area contributed by atoms with Crippen molar-refractivity contribution in [3.63, 3.8) is 0 Å². The molecule has 1 aromatic heterocycles. The van der Waals surface area contributed by atoms with E-state index in [0.29, 0.717) is 10.8 Å². The normalized spacial score (nSPS) is 12.7. The van der Waals surface area contributed by atoms with Gasteiger partial charge in [0.15, 0.2) is 0 Å². The number of hydrogen-bond donors (Lipinski definition) is 0. The molecule has 1 atom stereocenters. The van der Waals surface area contributed by atoms with Gasteiger partial charge in [-0.15, -0.1) is 6.58 Å². The minimum Gasteiger partial charge on any atom is -0.463 e. The average molecular weight is 305 g/mol. The van der Waals surface area contributed by atoms with Gasteiger partial charge in [-0.3, -0.25) is 9.36 Å². The molecule has 110 valence electrons. The second-order valence-electron chi connectivity index (χ2n) is 5.22. The summed E-state index contributed by atoms with van der Waals surface area (Å²) in [5.41, 5.74) is -0.707. The Kier molecular flexibility index (Phi) is 4.48. The Bertz CT molecular complexity index is 618. The monoisotopic (exact) mass is 304 g/mol. The van der Waals surface area contributed by atoms with Gasteiger partial charge < -0.3 is 4.74 Å². The summed E-state index contributed by atoms with van der Waals surface area (Å²) < 4.78 is 7.46. The highest BCUT2D eigenvalue weighted by atomic mass is 35.5. The van der Waals surface area contributed by atoms with Gasteiger partial charge in [0.1, 0.15) is 5.75 Å². The standard InChI is InChI=1S/C16H17ClN2O2/c1-4-16(2,3)14(20)15(19-10-9-18-11-19)21-13-7-5-12(17)6-8-13/h4-11,15H,1H2,2-3H3. The van der Waals surface area contributed by atoms with Gasteiger partial charge in [0.05, 0.1) is 6.33 Å². The highest BCUT2D eigenvalue weighted by molar-refractivity contribution is 6.30. The Morgan fingerprint density at radius 3 is 2.62 bits per heavy atom. The van der Waals surface area contributed by atoms with Crippen LogP contribution in [-0.2, 0) is 4.79 Å². The number of ketones is 1. The van der Waals surface area contributed by atoms with Crippen LogP contribution in [0.4, 0.5) is 0 Å². The van der Waals surface area contributed by atoms with Gasteiger partial charge in [-0.05, 0) is 38.1 Å². The Balaban J connectivity index is 2.31. The van der Waals surface area contributed by atoms with Crippen molar-refractivity contribution in [1.82, 2.24) is 9.55 Å². The van der Waals surface area contributed by atoms with Crippen molar-refractivity contribution in [2.45, 2.75) is 20.1 Å². The van der Waals surface area contributed by atoms with E-state index in [1.54, 1.807) is 67.5 Å². The van der Waals surface area contributed by atoms with Gasteiger partial charge in [0, 0.05) is 22.8 Å². The minimum atomic E-state index is -0.804. The number of benzene rings is 1. The molecule has 0 amide bonds. The minimum absolute atomic E-state index is 0.106. The van der Waals surface area contributed by atoms with E-state index in [1.165, 1.54) is 0 Å².